The van der Waals surface area contributed by atoms with Crippen LogP contribution in [0.4, 0.5) is 4.39 Å². The van der Waals surface area contributed by atoms with E-state index in [0.29, 0.717) is 35.0 Å². The molecule has 34 heavy (non-hydrogen) atoms. The molecule has 9 heteroatoms. The maximum absolute atomic E-state index is 13.7. The highest BCUT2D eigenvalue weighted by Gasteiger charge is 2.19. The summed E-state index contributed by atoms with van der Waals surface area (Å²) in [7, 11) is 0. The van der Waals surface area contributed by atoms with Crippen molar-refractivity contribution >= 4 is 23.2 Å². The van der Waals surface area contributed by atoms with Crippen LogP contribution in [-0.2, 0) is 16.0 Å². The second-order valence-corrected chi connectivity index (χ2v) is 9.09. The summed E-state index contributed by atoms with van der Waals surface area (Å²) in [5.74, 6) is 0.0945. The normalized spacial score (nSPS) is 14.6. The Morgan fingerprint density at radius 1 is 1.26 bits per heavy atom. The minimum absolute atomic E-state index is 0.0106. The van der Waals surface area contributed by atoms with Gasteiger partial charge >= 0.3 is 0 Å². The zero-order valence-electron chi connectivity index (χ0n) is 19.5. The van der Waals surface area contributed by atoms with Gasteiger partial charge in [0.1, 0.15) is 17.2 Å². The van der Waals surface area contributed by atoms with Gasteiger partial charge in [0.25, 0.3) is 0 Å². The van der Waals surface area contributed by atoms with Crippen molar-refractivity contribution in [1.29, 1.82) is 0 Å². The third-order valence-electron chi connectivity index (χ3n) is 5.66. The van der Waals surface area contributed by atoms with E-state index in [1.54, 1.807) is 6.07 Å². The summed E-state index contributed by atoms with van der Waals surface area (Å²) in [6.45, 7) is 8.89. The molecule has 4 rings (SSSR count). The van der Waals surface area contributed by atoms with Crippen LogP contribution in [0.5, 0.6) is 5.75 Å². The fourth-order valence-electron chi connectivity index (χ4n) is 4.04. The molecule has 182 valence electrons. The summed E-state index contributed by atoms with van der Waals surface area (Å²) >= 11 is 6.02. The number of imidazole rings is 1. The molecule has 1 aliphatic rings. The molecule has 1 fully saturated rings. The average Bonchev–Trinajstić information content (AvgIpc) is 3.16. The number of nitrogens with one attached hydrogen (secondary N) is 1. The minimum atomic E-state index is -0.499. The van der Waals surface area contributed by atoms with Gasteiger partial charge in [0.15, 0.2) is 0 Å². The van der Waals surface area contributed by atoms with E-state index in [9.17, 15) is 9.18 Å². The van der Waals surface area contributed by atoms with E-state index >= 15 is 0 Å². The molecule has 1 aromatic carbocycles. The SMILES string of the molecule is CC(C)NC(=O)Cc1c(-c2ccc(F)c(Cl)c2)nc2cc(OCCCN3CCOCC3)ccn12. The number of halogens is 2. The van der Waals surface area contributed by atoms with Gasteiger partial charge in [-0.15, -0.1) is 0 Å². The molecule has 0 radical (unpaired) electrons. The number of benzene rings is 1. The van der Waals surface area contributed by atoms with E-state index < -0.39 is 5.82 Å². The van der Waals surface area contributed by atoms with E-state index in [1.807, 2.05) is 36.6 Å². The third kappa shape index (κ3) is 6.05. The lowest BCUT2D eigenvalue weighted by Gasteiger charge is -2.26. The number of pyridine rings is 1. The van der Waals surface area contributed by atoms with Crippen LogP contribution in [0.2, 0.25) is 5.02 Å². The molecular weight excluding hydrogens is 459 g/mol. The quantitative estimate of drug-likeness (QED) is 0.462. The number of hydrogen-bond donors (Lipinski definition) is 1. The van der Waals surface area contributed by atoms with Gasteiger partial charge in [0, 0.05) is 43.5 Å². The number of nitrogens with zero attached hydrogens (tertiary/aromatic N) is 3. The molecule has 1 N–H and O–H groups in total. The molecule has 0 saturated carbocycles. The Hall–Kier alpha value is -2.68. The van der Waals surface area contributed by atoms with Gasteiger partial charge in [-0.25, -0.2) is 9.37 Å². The molecule has 0 atom stereocenters. The highest BCUT2D eigenvalue weighted by atomic mass is 35.5. The predicted octanol–water partition coefficient (Wildman–Crippen LogP) is 3.96. The van der Waals surface area contributed by atoms with Crippen LogP contribution < -0.4 is 10.1 Å². The molecule has 0 unspecified atom stereocenters. The lowest BCUT2D eigenvalue weighted by atomic mass is 10.1. The zero-order chi connectivity index (χ0) is 24.1. The van der Waals surface area contributed by atoms with Crippen molar-refractivity contribution < 1.29 is 18.7 Å². The summed E-state index contributed by atoms with van der Waals surface area (Å²) < 4.78 is 27.0. The Kier molecular flexibility index (Phi) is 8.03. The molecule has 1 saturated heterocycles. The first-order valence-corrected chi connectivity index (χ1v) is 12.0. The Morgan fingerprint density at radius 2 is 2.06 bits per heavy atom. The fraction of sp³-hybridized carbons (Fsp3) is 0.440. The molecule has 1 amide bonds. The average molecular weight is 489 g/mol. The Balaban J connectivity index is 1.54. The number of amides is 1. The molecule has 0 spiro atoms. The number of carbonyl (C=O) groups excluding carboxylic acids is 1. The van der Waals surface area contributed by atoms with Crippen LogP contribution in [0.25, 0.3) is 16.9 Å². The number of morpholine rings is 1. The van der Waals surface area contributed by atoms with Crippen LogP contribution in [0.3, 0.4) is 0 Å². The minimum Gasteiger partial charge on any atom is -0.493 e. The Bertz CT molecular complexity index is 1140. The van der Waals surface area contributed by atoms with Crippen molar-refractivity contribution in [2.75, 3.05) is 39.5 Å². The molecule has 3 heterocycles. The molecule has 3 aromatic rings. The van der Waals surface area contributed by atoms with Gasteiger partial charge in [-0.2, -0.15) is 0 Å². The second-order valence-electron chi connectivity index (χ2n) is 8.68. The summed E-state index contributed by atoms with van der Waals surface area (Å²) in [5.41, 5.74) is 2.59. The van der Waals surface area contributed by atoms with Crippen molar-refractivity contribution in [3.05, 3.63) is 53.1 Å². The first kappa shape index (κ1) is 24.4. The Morgan fingerprint density at radius 3 is 2.79 bits per heavy atom. The van der Waals surface area contributed by atoms with E-state index in [-0.39, 0.29) is 23.4 Å². The second kappa shape index (κ2) is 11.2. The first-order valence-electron chi connectivity index (χ1n) is 11.6. The third-order valence-corrected chi connectivity index (χ3v) is 5.95. The van der Waals surface area contributed by atoms with Crippen LogP contribution in [0.15, 0.2) is 36.5 Å². The van der Waals surface area contributed by atoms with Crippen LogP contribution in [0.1, 0.15) is 26.0 Å². The highest BCUT2D eigenvalue weighted by Crippen LogP contribution is 2.29. The lowest BCUT2D eigenvalue weighted by molar-refractivity contribution is -0.120. The summed E-state index contributed by atoms with van der Waals surface area (Å²) in [6, 6.07) is 8.21. The lowest BCUT2D eigenvalue weighted by Crippen LogP contribution is -2.37. The number of hydrogen-bond acceptors (Lipinski definition) is 5. The molecular formula is C25H30ClFN4O3. The summed E-state index contributed by atoms with van der Waals surface area (Å²) in [6.07, 6.45) is 2.90. The van der Waals surface area contributed by atoms with Crippen molar-refractivity contribution in [1.82, 2.24) is 19.6 Å². The molecule has 0 aliphatic carbocycles. The number of ether oxygens (including phenoxy) is 2. The van der Waals surface area contributed by atoms with Crippen molar-refractivity contribution in [3.63, 3.8) is 0 Å². The van der Waals surface area contributed by atoms with Crippen LogP contribution in [-0.4, -0.2) is 65.7 Å². The van der Waals surface area contributed by atoms with Crippen molar-refractivity contribution in [2.24, 2.45) is 0 Å². The summed E-state index contributed by atoms with van der Waals surface area (Å²) in [4.78, 5) is 19.7. The van der Waals surface area contributed by atoms with Crippen molar-refractivity contribution in [3.8, 4) is 17.0 Å². The number of aromatic nitrogens is 2. The fourth-order valence-corrected chi connectivity index (χ4v) is 4.22. The molecule has 1 aliphatic heterocycles. The van der Waals surface area contributed by atoms with Gasteiger partial charge in [-0.3, -0.25) is 9.69 Å². The maximum Gasteiger partial charge on any atom is 0.226 e. The first-order chi connectivity index (χ1) is 16.4. The molecule has 7 nitrogen and oxygen atoms in total. The molecule has 0 bridgehead atoms. The van der Waals surface area contributed by atoms with E-state index in [2.05, 4.69) is 10.2 Å². The monoisotopic (exact) mass is 488 g/mol. The van der Waals surface area contributed by atoms with E-state index in [4.69, 9.17) is 26.1 Å². The van der Waals surface area contributed by atoms with Crippen LogP contribution in [0, 0.1) is 5.82 Å². The standard InChI is InChI=1S/C25H30ClFN4O3/c1-17(2)28-24(32)16-22-25(18-4-5-21(27)20(26)14-18)29-23-15-19(6-8-31(22)23)34-11-3-7-30-9-12-33-13-10-30/h4-6,8,14-15,17H,3,7,9-13,16H2,1-2H3,(H,28,32). The maximum atomic E-state index is 13.7. The van der Waals surface area contributed by atoms with Crippen LogP contribution >= 0.6 is 11.6 Å². The van der Waals surface area contributed by atoms with Gasteiger partial charge in [0.2, 0.25) is 5.91 Å². The summed E-state index contributed by atoms with van der Waals surface area (Å²) in [5, 5.41) is 2.93. The van der Waals surface area contributed by atoms with E-state index in [0.717, 1.165) is 39.3 Å². The zero-order valence-corrected chi connectivity index (χ0v) is 20.3. The van der Waals surface area contributed by atoms with Crippen molar-refractivity contribution in [2.45, 2.75) is 32.7 Å². The Labute approximate surface area is 203 Å². The van der Waals surface area contributed by atoms with Gasteiger partial charge in [0.05, 0.1) is 42.7 Å². The number of rotatable bonds is 9. The predicted molar refractivity (Wildman–Crippen MR) is 130 cm³/mol. The van der Waals surface area contributed by atoms with Gasteiger partial charge in [-0.1, -0.05) is 11.6 Å². The van der Waals surface area contributed by atoms with Gasteiger partial charge < -0.3 is 19.2 Å². The number of fused-ring (bicyclic) bond motifs is 1. The largest absolute Gasteiger partial charge is 0.493 e. The molecule has 2 aromatic heterocycles. The van der Waals surface area contributed by atoms with E-state index in [1.165, 1.54) is 12.1 Å². The van der Waals surface area contributed by atoms with Gasteiger partial charge in [-0.05, 0) is 44.5 Å². The topological polar surface area (TPSA) is 68.1 Å². The number of carbonyl (C=O) groups is 1. The highest BCUT2D eigenvalue weighted by molar-refractivity contribution is 6.31. The smallest absolute Gasteiger partial charge is 0.226 e.